The van der Waals surface area contributed by atoms with Gasteiger partial charge in [0.1, 0.15) is 11.9 Å². The second kappa shape index (κ2) is 10.3. The number of carbonyl (C=O) groups excluding carboxylic acids is 1. The van der Waals surface area contributed by atoms with Gasteiger partial charge in [0.25, 0.3) is 5.91 Å². The Kier molecular flexibility index (Phi) is 7.25. The van der Waals surface area contributed by atoms with Crippen molar-refractivity contribution >= 4 is 5.91 Å². The molecule has 5 heteroatoms. The molecular weight excluding hydrogens is 386 g/mol. The van der Waals surface area contributed by atoms with Crippen LogP contribution in [-0.4, -0.2) is 79.6 Å². The first-order chi connectivity index (χ1) is 15.1. The molecule has 2 fully saturated rings. The molecule has 1 amide bonds. The van der Waals surface area contributed by atoms with E-state index >= 15 is 0 Å². The average molecular weight is 422 g/mol. The molecule has 0 spiro atoms. The van der Waals surface area contributed by atoms with Gasteiger partial charge in [-0.05, 0) is 63.5 Å². The minimum atomic E-state index is 0.116. The van der Waals surface area contributed by atoms with Crippen molar-refractivity contribution < 1.29 is 9.53 Å². The topological polar surface area (TPSA) is 36.0 Å². The van der Waals surface area contributed by atoms with Crippen LogP contribution in [0.25, 0.3) is 0 Å². The van der Waals surface area contributed by atoms with Crippen LogP contribution >= 0.6 is 0 Å². The van der Waals surface area contributed by atoms with Crippen molar-refractivity contribution in [1.82, 2.24) is 14.7 Å². The summed E-state index contributed by atoms with van der Waals surface area (Å²) in [5, 5.41) is 0. The predicted octanol–water partition coefficient (Wildman–Crippen LogP) is 3.55. The molecule has 0 aliphatic carbocycles. The summed E-state index contributed by atoms with van der Waals surface area (Å²) in [5.74, 6) is 0.933. The fraction of sp³-hybridized carbons (Fsp3) is 0.500. The lowest BCUT2D eigenvalue weighted by Gasteiger charge is -2.32. The molecule has 2 aliphatic heterocycles. The summed E-state index contributed by atoms with van der Waals surface area (Å²) < 4.78 is 6.27. The summed E-state index contributed by atoms with van der Waals surface area (Å²) in [6.07, 6.45) is 4.43. The SMILES string of the molecule is CN(C)C1CCN(C(=O)c2cccc(OC3CCN(CCc4ccccc4)CC3)c2)C1. The number of piperidine rings is 1. The van der Waals surface area contributed by atoms with Gasteiger partial charge in [-0.1, -0.05) is 36.4 Å². The van der Waals surface area contributed by atoms with Crippen molar-refractivity contribution in [3.05, 3.63) is 65.7 Å². The summed E-state index contributed by atoms with van der Waals surface area (Å²) in [6, 6.07) is 18.9. The maximum atomic E-state index is 12.9. The molecule has 2 aromatic rings. The number of nitrogens with zero attached hydrogens (tertiary/aromatic N) is 3. The van der Waals surface area contributed by atoms with E-state index in [2.05, 4.69) is 54.2 Å². The van der Waals surface area contributed by atoms with Gasteiger partial charge in [0, 0.05) is 44.3 Å². The van der Waals surface area contributed by atoms with Gasteiger partial charge in [-0.15, -0.1) is 0 Å². The number of amides is 1. The van der Waals surface area contributed by atoms with Crippen LogP contribution in [0.2, 0.25) is 0 Å². The molecule has 4 rings (SSSR count). The van der Waals surface area contributed by atoms with E-state index in [1.165, 1.54) is 5.56 Å². The van der Waals surface area contributed by atoms with Crippen LogP contribution in [0.3, 0.4) is 0 Å². The molecular formula is C26H35N3O2. The largest absolute Gasteiger partial charge is 0.490 e. The first kappa shape index (κ1) is 21.8. The van der Waals surface area contributed by atoms with Crippen molar-refractivity contribution in [3.8, 4) is 5.75 Å². The molecule has 0 radical (unpaired) electrons. The van der Waals surface area contributed by atoms with E-state index in [0.29, 0.717) is 6.04 Å². The van der Waals surface area contributed by atoms with Crippen LogP contribution in [0.5, 0.6) is 5.75 Å². The van der Waals surface area contributed by atoms with Crippen molar-refractivity contribution in [2.75, 3.05) is 46.8 Å². The van der Waals surface area contributed by atoms with E-state index in [9.17, 15) is 4.79 Å². The Labute approximate surface area is 186 Å². The molecule has 166 valence electrons. The normalized spacial score (nSPS) is 20.4. The molecule has 2 aliphatic rings. The van der Waals surface area contributed by atoms with E-state index in [1.54, 1.807) is 0 Å². The minimum Gasteiger partial charge on any atom is -0.490 e. The fourth-order valence-corrected chi connectivity index (χ4v) is 4.61. The van der Waals surface area contributed by atoms with Gasteiger partial charge in [-0.2, -0.15) is 0 Å². The molecule has 0 bridgehead atoms. The highest BCUT2D eigenvalue weighted by atomic mass is 16.5. The smallest absolute Gasteiger partial charge is 0.254 e. The Balaban J connectivity index is 1.25. The average Bonchev–Trinajstić information content (AvgIpc) is 3.30. The van der Waals surface area contributed by atoms with Crippen LogP contribution in [-0.2, 0) is 6.42 Å². The van der Waals surface area contributed by atoms with E-state index in [-0.39, 0.29) is 12.0 Å². The van der Waals surface area contributed by atoms with Gasteiger partial charge < -0.3 is 19.4 Å². The third kappa shape index (κ3) is 5.86. The molecule has 5 nitrogen and oxygen atoms in total. The van der Waals surface area contributed by atoms with Crippen molar-refractivity contribution in [1.29, 1.82) is 0 Å². The van der Waals surface area contributed by atoms with Crippen LogP contribution < -0.4 is 4.74 Å². The first-order valence-electron chi connectivity index (χ1n) is 11.6. The number of likely N-dealkylation sites (tertiary alicyclic amines) is 2. The van der Waals surface area contributed by atoms with Crippen LogP contribution in [0.15, 0.2) is 54.6 Å². The molecule has 2 aromatic carbocycles. The van der Waals surface area contributed by atoms with Crippen molar-refractivity contribution in [2.24, 2.45) is 0 Å². The summed E-state index contributed by atoms with van der Waals surface area (Å²) in [4.78, 5) is 19.6. The van der Waals surface area contributed by atoms with E-state index in [4.69, 9.17) is 4.74 Å². The number of benzene rings is 2. The minimum absolute atomic E-state index is 0.116. The Hall–Kier alpha value is -2.37. The zero-order valence-corrected chi connectivity index (χ0v) is 18.9. The molecule has 0 aromatic heterocycles. The molecule has 0 saturated carbocycles. The third-order valence-corrected chi connectivity index (χ3v) is 6.66. The number of hydrogen-bond acceptors (Lipinski definition) is 4. The quantitative estimate of drug-likeness (QED) is 0.685. The number of carbonyl (C=O) groups is 1. The zero-order chi connectivity index (χ0) is 21.6. The summed E-state index contributed by atoms with van der Waals surface area (Å²) >= 11 is 0. The van der Waals surface area contributed by atoms with E-state index in [1.807, 2.05) is 29.2 Å². The zero-order valence-electron chi connectivity index (χ0n) is 18.9. The van der Waals surface area contributed by atoms with Gasteiger partial charge in [0.15, 0.2) is 0 Å². The predicted molar refractivity (Wildman–Crippen MR) is 125 cm³/mol. The first-order valence-corrected chi connectivity index (χ1v) is 11.6. The second-order valence-corrected chi connectivity index (χ2v) is 9.08. The third-order valence-electron chi connectivity index (χ3n) is 6.66. The summed E-state index contributed by atoms with van der Waals surface area (Å²) in [7, 11) is 4.17. The Morgan fingerprint density at radius 1 is 1.00 bits per heavy atom. The Morgan fingerprint density at radius 3 is 2.48 bits per heavy atom. The molecule has 2 heterocycles. The molecule has 1 unspecified atom stereocenters. The van der Waals surface area contributed by atoms with Crippen LogP contribution in [0.1, 0.15) is 35.2 Å². The highest BCUT2D eigenvalue weighted by Crippen LogP contribution is 2.23. The van der Waals surface area contributed by atoms with Gasteiger partial charge in [-0.3, -0.25) is 4.79 Å². The lowest BCUT2D eigenvalue weighted by Crippen LogP contribution is -2.39. The number of ether oxygens (including phenoxy) is 1. The maximum Gasteiger partial charge on any atom is 0.254 e. The standard InChI is InChI=1S/C26H35N3O2/c1-27(2)23-12-18-29(20-23)26(30)22-9-6-10-25(19-22)31-24-13-16-28(17-14-24)15-11-21-7-4-3-5-8-21/h3-10,19,23-24H,11-18,20H2,1-2H3. The number of rotatable bonds is 7. The van der Waals surface area contributed by atoms with E-state index < -0.39 is 0 Å². The summed E-state index contributed by atoms with van der Waals surface area (Å²) in [6.45, 7) is 4.86. The highest BCUT2D eigenvalue weighted by molar-refractivity contribution is 5.94. The lowest BCUT2D eigenvalue weighted by atomic mass is 10.1. The lowest BCUT2D eigenvalue weighted by molar-refractivity contribution is 0.0780. The molecule has 1 atom stereocenters. The van der Waals surface area contributed by atoms with Crippen molar-refractivity contribution in [2.45, 2.75) is 37.8 Å². The van der Waals surface area contributed by atoms with Gasteiger partial charge in [0.05, 0.1) is 0 Å². The van der Waals surface area contributed by atoms with Crippen molar-refractivity contribution in [3.63, 3.8) is 0 Å². The Morgan fingerprint density at radius 2 is 1.77 bits per heavy atom. The number of hydrogen-bond donors (Lipinski definition) is 0. The van der Waals surface area contributed by atoms with Crippen LogP contribution in [0.4, 0.5) is 0 Å². The van der Waals surface area contributed by atoms with Gasteiger partial charge in [-0.25, -0.2) is 0 Å². The highest BCUT2D eigenvalue weighted by Gasteiger charge is 2.28. The fourth-order valence-electron chi connectivity index (χ4n) is 4.61. The van der Waals surface area contributed by atoms with E-state index in [0.717, 1.165) is 69.7 Å². The molecule has 31 heavy (non-hydrogen) atoms. The van der Waals surface area contributed by atoms with Crippen LogP contribution in [0, 0.1) is 0 Å². The monoisotopic (exact) mass is 421 g/mol. The Bertz CT molecular complexity index is 847. The van der Waals surface area contributed by atoms with Gasteiger partial charge in [0.2, 0.25) is 0 Å². The molecule has 0 N–H and O–H groups in total. The molecule has 2 saturated heterocycles. The maximum absolute atomic E-state index is 12.9. The summed E-state index contributed by atoms with van der Waals surface area (Å²) in [5.41, 5.74) is 2.13. The van der Waals surface area contributed by atoms with Gasteiger partial charge >= 0.3 is 0 Å². The second-order valence-electron chi connectivity index (χ2n) is 9.08. The number of likely N-dealkylation sites (N-methyl/N-ethyl adjacent to an activating group) is 1.